The lowest BCUT2D eigenvalue weighted by Crippen LogP contribution is -2.43. The van der Waals surface area contributed by atoms with Crippen LogP contribution in [0.25, 0.3) is 0 Å². The molecular formula is C12H17ClN2O2S2. The first kappa shape index (κ1) is 15.0. The number of halogens is 1. The van der Waals surface area contributed by atoms with Crippen molar-refractivity contribution in [1.82, 2.24) is 4.31 Å². The van der Waals surface area contributed by atoms with Gasteiger partial charge in [0.25, 0.3) is 0 Å². The van der Waals surface area contributed by atoms with E-state index >= 15 is 0 Å². The standard InChI is InChI=1S/C12H17ClN2O2S2/c1-8-6-15(7-9(2)18-8)19(16,17)10-3-4-11(13)12(14)5-10/h3-5,8-9H,6-7,14H2,1-2H3. The number of hydrogen-bond acceptors (Lipinski definition) is 4. The van der Waals surface area contributed by atoms with Crippen LogP contribution in [-0.4, -0.2) is 36.3 Å². The summed E-state index contributed by atoms with van der Waals surface area (Å²) in [4.78, 5) is 0.209. The Balaban J connectivity index is 2.33. The van der Waals surface area contributed by atoms with E-state index in [1.165, 1.54) is 22.5 Å². The zero-order valence-electron chi connectivity index (χ0n) is 10.8. The number of rotatable bonds is 2. The highest BCUT2D eigenvalue weighted by atomic mass is 35.5. The van der Waals surface area contributed by atoms with Gasteiger partial charge in [-0.15, -0.1) is 0 Å². The van der Waals surface area contributed by atoms with Crippen molar-refractivity contribution >= 4 is 39.1 Å². The fraction of sp³-hybridized carbons (Fsp3) is 0.500. The summed E-state index contributed by atoms with van der Waals surface area (Å²) in [5.41, 5.74) is 5.97. The van der Waals surface area contributed by atoms with Crippen molar-refractivity contribution in [1.29, 1.82) is 0 Å². The van der Waals surface area contributed by atoms with Crippen LogP contribution in [0.5, 0.6) is 0 Å². The third-order valence-electron chi connectivity index (χ3n) is 2.99. The van der Waals surface area contributed by atoms with E-state index in [9.17, 15) is 8.42 Å². The molecule has 0 saturated carbocycles. The number of nitrogens with zero attached hydrogens (tertiary/aromatic N) is 1. The van der Waals surface area contributed by atoms with Gasteiger partial charge >= 0.3 is 0 Å². The average molecular weight is 321 g/mol. The molecular weight excluding hydrogens is 304 g/mol. The number of nitrogens with two attached hydrogens (primary N) is 1. The molecule has 1 fully saturated rings. The van der Waals surface area contributed by atoms with Gasteiger partial charge in [0.1, 0.15) is 0 Å². The second-order valence-electron chi connectivity index (χ2n) is 4.76. The summed E-state index contributed by atoms with van der Waals surface area (Å²) < 4.78 is 26.6. The van der Waals surface area contributed by atoms with Gasteiger partial charge in [-0.1, -0.05) is 25.4 Å². The molecule has 1 aliphatic heterocycles. The maximum absolute atomic E-state index is 12.6. The van der Waals surface area contributed by atoms with Crippen molar-refractivity contribution in [2.75, 3.05) is 18.8 Å². The number of sulfonamides is 1. The molecule has 0 spiro atoms. The Bertz CT molecular complexity index is 567. The Morgan fingerprint density at radius 2 is 1.89 bits per heavy atom. The molecule has 0 aromatic heterocycles. The molecule has 1 heterocycles. The van der Waals surface area contributed by atoms with Gasteiger partial charge in [0.2, 0.25) is 10.0 Å². The molecule has 0 radical (unpaired) electrons. The van der Waals surface area contributed by atoms with E-state index in [4.69, 9.17) is 17.3 Å². The van der Waals surface area contributed by atoms with Crippen molar-refractivity contribution in [3.8, 4) is 0 Å². The summed E-state index contributed by atoms with van der Waals surface area (Å²) in [6, 6.07) is 4.45. The van der Waals surface area contributed by atoms with Crippen LogP contribution in [0.2, 0.25) is 5.02 Å². The highest BCUT2D eigenvalue weighted by molar-refractivity contribution is 8.00. The van der Waals surface area contributed by atoms with Crippen molar-refractivity contribution in [3.05, 3.63) is 23.2 Å². The first-order valence-electron chi connectivity index (χ1n) is 6.01. The minimum Gasteiger partial charge on any atom is -0.397 e. The molecule has 2 N–H and O–H groups in total. The third kappa shape index (κ3) is 3.18. The normalized spacial score (nSPS) is 25.4. The van der Waals surface area contributed by atoms with Gasteiger partial charge in [0.05, 0.1) is 15.6 Å². The van der Waals surface area contributed by atoms with Crippen LogP contribution < -0.4 is 5.73 Å². The Morgan fingerprint density at radius 3 is 2.42 bits per heavy atom. The molecule has 0 aliphatic carbocycles. The first-order chi connectivity index (χ1) is 8.80. The fourth-order valence-electron chi connectivity index (χ4n) is 2.16. The lowest BCUT2D eigenvalue weighted by atomic mass is 10.3. The smallest absolute Gasteiger partial charge is 0.243 e. The summed E-state index contributed by atoms with van der Waals surface area (Å²) in [6.45, 7) is 5.14. The monoisotopic (exact) mass is 320 g/mol. The highest BCUT2D eigenvalue weighted by Crippen LogP contribution is 2.30. The topological polar surface area (TPSA) is 63.4 Å². The number of anilines is 1. The fourth-order valence-corrected chi connectivity index (χ4v) is 5.44. The van der Waals surface area contributed by atoms with E-state index in [2.05, 4.69) is 0 Å². The molecule has 2 atom stereocenters. The molecule has 0 amide bonds. The zero-order valence-corrected chi connectivity index (χ0v) is 13.2. The second kappa shape index (κ2) is 5.52. The van der Waals surface area contributed by atoms with Crippen LogP contribution >= 0.6 is 23.4 Å². The molecule has 106 valence electrons. The summed E-state index contributed by atoms with van der Waals surface area (Å²) in [7, 11) is -3.49. The zero-order chi connectivity index (χ0) is 14.2. The van der Waals surface area contributed by atoms with E-state index in [0.717, 1.165) is 0 Å². The molecule has 1 aromatic rings. The van der Waals surface area contributed by atoms with Crippen molar-refractivity contribution in [2.24, 2.45) is 0 Å². The molecule has 1 saturated heterocycles. The predicted molar refractivity (Wildman–Crippen MR) is 81.1 cm³/mol. The predicted octanol–water partition coefficient (Wildman–Crippen LogP) is 2.44. The van der Waals surface area contributed by atoms with Crippen LogP contribution in [0.15, 0.2) is 23.1 Å². The van der Waals surface area contributed by atoms with Crippen LogP contribution in [0, 0.1) is 0 Å². The van der Waals surface area contributed by atoms with Gasteiger partial charge in [0, 0.05) is 23.6 Å². The minimum atomic E-state index is -3.49. The van der Waals surface area contributed by atoms with Crippen LogP contribution in [0.3, 0.4) is 0 Å². The van der Waals surface area contributed by atoms with Gasteiger partial charge in [-0.3, -0.25) is 0 Å². The third-order valence-corrected chi connectivity index (χ3v) is 6.39. The van der Waals surface area contributed by atoms with E-state index in [1.807, 2.05) is 25.6 Å². The summed E-state index contributed by atoms with van der Waals surface area (Å²) >= 11 is 7.64. The Hall–Kier alpha value is -0.430. The lowest BCUT2D eigenvalue weighted by Gasteiger charge is -2.33. The molecule has 0 bridgehead atoms. The Morgan fingerprint density at radius 1 is 1.32 bits per heavy atom. The molecule has 1 aromatic carbocycles. The maximum Gasteiger partial charge on any atom is 0.243 e. The summed E-state index contributed by atoms with van der Waals surface area (Å²) in [5.74, 6) is 0. The van der Waals surface area contributed by atoms with Gasteiger partial charge < -0.3 is 5.73 Å². The van der Waals surface area contributed by atoms with Crippen LogP contribution in [0.4, 0.5) is 5.69 Å². The number of hydrogen-bond donors (Lipinski definition) is 1. The van der Waals surface area contributed by atoms with Crippen molar-refractivity contribution in [3.63, 3.8) is 0 Å². The Labute approximate surface area is 123 Å². The summed E-state index contributed by atoms with van der Waals surface area (Å²) in [6.07, 6.45) is 0. The van der Waals surface area contributed by atoms with Crippen molar-refractivity contribution < 1.29 is 8.42 Å². The molecule has 4 nitrogen and oxygen atoms in total. The minimum absolute atomic E-state index is 0.209. The highest BCUT2D eigenvalue weighted by Gasteiger charge is 2.32. The largest absolute Gasteiger partial charge is 0.397 e. The van der Waals surface area contributed by atoms with E-state index in [1.54, 1.807) is 0 Å². The molecule has 7 heteroatoms. The Kier molecular flexibility index (Phi) is 4.35. The van der Waals surface area contributed by atoms with Crippen LogP contribution in [0.1, 0.15) is 13.8 Å². The number of nitrogen functional groups attached to an aromatic ring is 1. The second-order valence-corrected chi connectivity index (χ2v) is 8.99. The quantitative estimate of drug-likeness (QED) is 0.850. The number of benzene rings is 1. The molecule has 2 rings (SSSR count). The molecule has 19 heavy (non-hydrogen) atoms. The van der Waals surface area contributed by atoms with E-state index < -0.39 is 10.0 Å². The van der Waals surface area contributed by atoms with Crippen LogP contribution in [-0.2, 0) is 10.0 Å². The van der Waals surface area contributed by atoms with Gasteiger partial charge in [-0.2, -0.15) is 16.1 Å². The van der Waals surface area contributed by atoms with Crippen molar-refractivity contribution in [2.45, 2.75) is 29.2 Å². The van der Waals surface area contributed by atoms with Gasteiger partial charge in [0.15, 0.2) is 0 Å². The first-order valence-corrected chi connectivity index (χ1v) is 8.77. The van der Waals surface area contributed by atoms with Gasteiger partial charge in [-0.05, 0) is 18.2 Å². The van der Waals surface area contributed by atoms with E-state index in [0.29, 0.717) is 28.6 Å². The summed E-state index contributed by atoms with van der Waals surface area (Å²) in [5, 5.41) is 0.959. The number of thioether (sulfide) groups is 1. The SMILES string of the molecule is CC1CN(S(=O)(=O)c2ccc(Cl)c(N)c2)CC(C)S1. The lowest BCUT2D eigenvalue weighted by molar-refractivity contribution is 0.405. The molecule has 1 aliphatic rings. The van der Waals surface area contributed by atoms with Gasteiger partial charge in [-0.25, -0.2) is 8.42 Å². The average Bonchev–Trinajstić information content (AvgIpc) is 2.31. The molecule has 2 unspecified atom stereocenters. The van der Waals surface area contributed by atoms with E-state index in [-0.39, 0.29) is 10.6 Å². The maximum atomic E-state index is 12.6.